The Morgan fingerprint density at radius 1 is 1.09 bits per heavy atom. The fourth-order valence-corrected chi connectivity index (χ4v) is 2.24. The molecule has 23 heavy (non-hydrogen) atoms. The third-order valence-electron chi connectivity index (χ3n) is 3.58. The van der Waals surface area contributed by atoms with Crippen molar-refractivity contribution in [3.8, 4) is 11.4 Å². The van der Waals surface area contributed by atoms with E-state index in [9.17, 15) is 5.11 Å². The summed E-state index contributed by atoms with van der Waals surface area (Å²) < 4.78 is 7.41. The van der Waals surface area contributed by atoms with Gasteiger partial charge in [-0.3, -0.25) is 0 Å². The molecule has 0 amide bonds. The molecule has 0 fully saturated rings. The molecule has 0 aliphatic carbocycles. The van der Waals surface area contributed by atoms with Crippen molar-refractivity contribution in [2.24, 2.45) is 0 Å². The van der Waals surface area contributed by atoms with Gasteiger partial charge in [0.2, 0.25) is 0 Å². The average molecular weight is 309 g/mol. The van der Waals surface area contributed by atoms with E-state index in [0.29, 0.717) is 18.9 Å². The zero-order valence-electron chi connectivity index (χ0n) is 13.0. The number of aliphatic hydroxyl groups is 1. The molecule has 1 atom stereocenters. The Labute approximate surface area is 135 Å². The van der Waals surface area contributed by atoms with Gasteiger partial charge in [-0.25, -0.2) is 9.67 Å². The highest BCUT2D eigenvalue weighted by molar-refractivity contribution is 5.30. The van der Waals surface area contributed by atoms with E-state index in [-0.39, 0.29) is 0 Å². The van der Waals surface area contributed by atoms with Gasteiger partial charge in [-0.1, -0.05) is 37.3 Å². The molecule has 0 saturated heterocycles. The number of benzene rings is 2. The summed E-state index contributed by atoms with van der Waals surface area (Å²) in [6.07, 6.45) is 1.95. The molecule has 0 aliphatic rings. The Kier molecular flexibility index (Phi) is 4.68. The fraction of sp³-hybridized carbons (Fsp3) is 0.222. The molecule has 5 heteroatoms. The first kappa shape index (κ1) is 15.2. The van der Waals surface area contributed by atoms with Crippen LogP contribution in [0.5, 0.6) is 5.75 Å². The van der Waals surface area contributed by atoms with E-state index in [2.05, 4.69) is 10.1 Å². The van der Waals surface area contributed by atoms with Gasteiger partial charge in [0.25, 0.3) is 0 Å². The highest BCUT2D eigenvalue weighted by Gasteiger charge is 2.06. The van der Waals surface area contributed by atoms with Crippen LogP contribution in [-0.2, 0) is 6.61 Å². The number of ether oxygens (including phenoxy) is 1. The van der Waals surface area contributed by atoms with Crippen LogP contribution in [0.25, 0.3) is 5.69 Å². The van der Waals surface area contributed by atoms with Crippen LogP contribution < -0.4 is 4.74 Å². The van der Waals surface area contributed by atoms with Gasteiger partial charge >= 0.3 is 0 Å². The largest absolute Gasteiger partial charge is 0.486 e. The molecule has 2 aromatic carbocycles. The van der Waals surface area contributed by atoms with Gasteiger partial charge in [0.05, 0.1) is 11.8 Å². The van der Waals surface area contributed by atoms with E-state index in [1.165, 1.54) is 0 Å². The molecule has 1 heterocycles. The van der Waals surface area contributed by atoms with E-state index < -0.39 is 6.10 Å². The highest BCUT2D eigenvalue weighted by atomic mass is 16.5. The predicted molar refractivity (Wildman–Crippen MR) is 87.4 cm³/mol. The Morgan fingerprint density at radius 3 is 2.52 bits per heavy atom. The van der Waals surface area contributed by atoms with Crippen molar-refractivity contribution in [3.05, 3.63) is 72.3 Å². The number of hydrogen-bond donors (Lipinski definition) is 1. The van der Waals surface area contributed by atoms with Crippen molar-refractivity contribution < 1.29 is 9.84 Å². The minimum absolute atomic E-state index is 0.301. The van der Waals surface area contributed by atoms with E-state index in [1.54, 1.807) is 11.0 Å². The minimum Gasteiger partial charge on any atom is -0.486 e. The van der Waals surface area contributed by atoms with E-state index >= 15 is 0 Å². The molecular formula is C18H19N3O2. The van der Waals surface area contributed by atoms with Gasteiger partial charge in [-0.05, 0) is 36.2 Å². The topological polar surface area (TPSA) is 60.2 Å². The third kappa shape index (κ3) is 3.76. The summed E-state index contributed by atoms with van der Waals surface area (Å²) in [5, 5.41) is 14.2. The van der Waals surface area contributed by atoms with Crippen LogP contribution in [0.2, 0.25) is 0 Å². The third-order valence-corrected chi connectivity index (χ3v) is 3.58. The van der Waals surface area contributed by atoms with Crippen LogP contribution in [0, 0.1) is 0 Å². The van der Waals surface area contributed by atoms with Gasteiger partial charge < -0.3 is 9.84 Å². The number of aromatic nitrogens is 3. The summed E-state index contributed by atoms with van der Waals surface area (Å²) in [5.74, 6) is 1.35. The molecule has 0 unspecified atom stereocenters. The van der Waals surface area contributed by atoms with Crippen LogP contribution in [0.3, 0.4) is 0 Å². The molecule has 3 rings (SSSR count). The maximum absolute atomic E-state index is 9.78. The summed E-state index contributed by atoms with van der Waals surface area (Å²) in [4.78, 5) is 4.25. The number of para-hydroxylation sites is 1. The SMILES string of the molecule is CC[C@H](O)c1ccc(OCc2ncn(-c3ccccc3)n2)cc1. The van der Waals surface area contributed by atoms with Gasteiger partial charge in [0.1, 0.15) is 18.7 Å². The molecule has 3 aromatic rings. The lowest BCUT2D eigenvalue weighted by molar-refractivity contribution is 0.173. The first-order valence-electron chi connectivity index (χ1n) is 7.63. The maximum Gasteiger partial charge on any atom is 0.188 e. The van der Waals surface area contributed by atoms with Crippen LogP contribution >= 0.6 is 0 Å². The first-order chi connectivity index (χ1) is 11.3. The monoisotopic (exact) mass is 309 g/mol. The van der Waals surface area contributed by atoms with Gasteiger partial charge in [-0.2, -0.15) is 0 Å². The Hall–Kier alpha value is -2.66. The van der Waals surface area contributed by atoms with E-state index in [0.717, 1.165) is 17.0 Å². The van der Waals surface area contributed by atoms with Crippen LogP contribution in [0.4, 0.5) is 0 Å². The molecule has 0 saturated carbocycles. The normalized spacial score (nSPS) is 12.1. The lowest BCUT2D eigenvalue weighted by atomic mass is 10.1. The van der Waals surface area contributed by atoms with E-state index in [1.807, 2.05) is 61.5 Å². The first-order valence-corrected chi connectivity index (χ1v) is 7.63. The van der Waals surface area contributed by atoms with Crippen molar-refractivity contribution in [1.29, 1.82) is 0 Å². The maximum atomic E-state index is 9.78. The second-order valence-corrected chi connectivity index (χ2v) is 5.22. The molecule has 1 aromatic heterocycles. The summed E-state index contributed by atoms with van der Waals surface area (Å²) in [6.45, 7) is 2.25. The Bertz CT molecular complexity index is 738. The molecule has 0 aliphatic heterocycles. The van der Waals surface area contributed by atoms with Crippen molar-refractivity contribution >= 4 is 0 Å². The second kappa shape index (κ2) is 7.07. The number of aliphatic hydroxyl groups excluding tert-OH is 1. The number of rotatable bonds is 6. The summed E-state index contributed by atoms with van der Waals surface area (Å²) >= 11 is 0. The van der Waals surface area contributed by atoms with Crippen molar-refractivity contribution in [1.82, 2.24) is 14.8 Å². The van der Waals surface area contributed by atoms with Crippen LogP contribution in [-0.4, -0.2) is 19.9 Å². The highest BCUT2D eigenvalue weighted by Crippen LogP contribution is 2.20. The van der Waals surface area contributed by atoms with Crippen LogP contribution in [0.15, 0.2) is 60.9 Å². The average Bonchev–Trinajstić information content (AvgIpc) is 3.09. The van der Waals surface area contributed by atoms with E-state index in [4.69, 9.17) is 4.74 Å². The quantitative estimate of drug-likeness (QED) is 0.759. The predicted octanol–water partition coefficient (Wildman–Crippen LogP) is 3.29. The number of nitrogens with zero attached hydrogens (tertiary/aromatic N) is 3. The molecule has 0 spiro atoms. The molecule has 5 nitrogen and oxygen atoms in total. The Balaban J connectivity index is 1.62. The molecular weight excluding hydrogens is 290 g/mol. The molecule has 118 valence electrons. The summed E-state index contributed by atoms with van der Waals surface area (Å²) in [5.41, 5.74) is 1.86. The smallest absolute Gasteiger partial charge is 0.188 e. The standard InChI is InChI=1S/C18H19N3O2/c1-2-17(22)14-8-10-16(11-9-14)23-12-18-19-13-21(20-18)15-6-4-3-5-7-15/h3-11,13,17,22H,2,12H2,1H3/t17-/m0/s1. The minimum atomic E-state index is -0.424. The lowest BCUT2D eigenvalue weighted by Crippen LogP contribution is -2.01. The van der Waals surface area contributed by atoms with Crippen molar-refractivity contribution in [3.63, 3.8) is 0 Å². The molecule has 0 radical (unpaired) electrons. The van der Waals surface area contributed by atoms with Crippen LogP contribution in [0.1, 0.15) is 30.8 Å². The van der Waals surface area contributed by atoms with Gasteiger partial charge in [-0.15, -0.1) is 5.10 Å². The second-order valence-electron chi connectivity index (χ2n) is 5.22. The van der Waals surface area contributed by atoms with Crippen molar-refractivity contribution in [2.45, 2.75) is 26.1 Å². The molecule has 0 bridgehead atoms. The number of hydrogen-bond acceptors (Lipinski definition) is 4. The summed E-state index contributed by atoms with van der Waals surface area (Å²) in [7, 11) is 0. The zero-order chi connectivity index (χ0) is 16.1. The summed E-state index contributed by atoms with van der Waals surface area (Å²) in [6, 6.07) is 17.3. The van der Waals surface area contributed by atoms with Gasteiger partial charge in [0.15, 0.2) is 5.82 Å². The molecule has 1 N–H and O–H groups in total. The zero-order valence-corrected chi connectivity index (χ0v) is 13.0. The fourth-order valence-electron chi connectivity index (χ4n) is 2.24. The van der Waals surface area contributed by atoms with Crippen molar-refractivity contribution in [2.75, 3.05) is 0 Å². The Morgan fingerprint density at radius 2 is 1.83 bits per heavy atom. The van der Waals surface area contributed by atoms with Gasteiger partial charge in [0, 0.05) is 0 Å². The lowest BCUT2D eigenvalue weighted by Gasteiger charge is -2.09.